The van der Waals surface area contributed by atoms with Crippen molar-refractivity contribution in [2.24, 2.45) is 0 Å². The van der Waals surface area contributed by atoms with Crippen LogP contribution in [0.15, 0.2) is 30.3 Å². The van der Waals surface area contributed by atoms with Crippen LogP contribution in [-0.2, 0) is 11.2 Å². The quantitative estimate of drug-likeness (QED) is 0.639. The average molecular weight is 365 g/mol. The van der Waals surface area contributed by atoms with Crippen LogP contribution in [0.3, 0.4) is 0 Å². The van der Waals surface area contributed by atoms with Crippen molar-refractivity contribution in [2.75, 3.05) is 12.4 Å². The van der Waals surface area contributed by atoms with Gasteiger partial charge in [0.05, 0.1) is 7.11 Å². The summed E-state index contributed by atoms with van der Waals surface area (Å²) in [7, 11) is 1.27. The number of carbonyl (C=O) groups is 1. The van der Waals surface area contributed by atoms with E-state index in [1.807, 2.05) is 6.92 Å². The van der Waals surface area contributed by atoms with E-state index in [1.54, 1.807) is 24.3 Å². The van der Waals surface area contributed by atoms with Gasteiger partial charge in [0.2, 0.25) is 0 Å². The molecule has 4 nitrogen and oxygen atoms in total. The van der Waals surface area contributed by atoms with Gasteiger partial charge in [-0.05, 0) is 48.2 Å². The Bertz CT molecular complexity index is 710. The van der Waals surface area contributed by atoms with Crippen molar-refractivity contribution >= 4 is 21.9 Å². The summed E-state index contributed by atoms with van der Waals surface area (Å²) in [5.41, 5.74) is 3.22. The van der Waals surface area contributed by atoms with Crippen LogP contribution in [0.2, 0.25) is 0 Å². The zero-order chi connectivity index (χ0) is 16.3. The van der Waals surface area contributed by atoms with E-state index in [-0.39, 0.29) is 17.1 Å². The molecule has 0 aromatic heterocycles. The number of benzene rings is 2. The number of ether oxygens (including phenoxy) is 1. The van der Waals surface area contributed by atoms with Crippen LogP contribution >= 0.6 is 15.9 Å². The van der Waals surface area contributed by atoms with Crippen LogP contribution < -0.4 is 0 Å². The van der Waals surface area contributed by atoms with E-state index in [1.165, 1.54) is 13.2 Å². The molecule has 0 saturated carbocycles. The fourth-order valence-corrected chi connectivity index (χ4v) is 2.97. The lowest BCUT2D eigenvalue weighted by molar-refractivity contribution is 0.0597. The number of carbonyl (C=O) groups excluding carboxylic acids is 1. The Balaban J connectivity index is 2.69. The fourth-order valence-electron chi connectivity index (χ4n) is 2.54. The molecule has 0 atom stereocenters. The van der Waals surface area contributed by atoms with E-state index in [2.05, 4.69) is 20.7 Å². The molecule has 0 bridgehead atoms. The summed E-state index contributed by atoms with van der Waals surface area (Å²) in [6.07, 6.45) is 0.687. The number of para-hydroxylation sites is 1. The topological polar surface area (TPSA) is 66.8 Å². The standard InChI is InChI=1S/C17H17BrO4/c1-10-8-12(19)9-11(6-7-18)15(10)13-4-3-5-14(16(13)20)17(21)22-2/h3-5,8-9,19-20H,6-7H2,1-2H3. The summed E-state index contributed by atoms with van der Waals surface area (Å²) in [6.45, 7) is 1.86. The van der Waals surface area contributed by atoms with Crippen LogP contribution in [0.1, 0.15) is 21.5 Å². The van der Waals surface area contributed by atoms with Gasteiger partial charge in [0.1, 0.15) is 17.1 Å². The molecule has 5 heteroatoms. The van der Waals surface area contributed by atoms with E-state index >= 15 is 0 Å². The fraction of sp³-hybridized carbons (Fsp3) is 0.235. The summed E-state index contributed by atoms with van der Waals surface area (Å²) in [5, 5.41) is 21.0. The van der Waals surface area contributed by atoms with Crippen molar-refractivity contribution in [2.45, 2.75) is 13.3 Å². The predicted molar refractivity (Wildman–Crippen MR) is 88.8 cm³/mol. The average Bonchev–Trinajstić information content (AvgIpc) is 2.47. The summed E-state index contributed by atoms with van der Waals surface area (Å²) in [4.78, 5) is 11.7. The summed E-state index contributed by atoms with van der Waals surface area (Å²) in [6, 6.07) is 8.28. The largest absolute Gasteiger partial charge is 0.508 e. The summed E-state index contributed by atoms with van der Waals surface area (Å²) >= 11 is 3.39. The molecule has 0 aliphatic carbocycles. The third kappa shape index (κ3) is 3.09. The minimum absolute atomic E-state index is 0.112. The number of halogens is 1. The number of hydrogen-bond donors (Lipinski definition) is 2. The van der Waals surface area contributed by atoms with E-state index in [4.69, 9.17) is 0 Å². The van der Waals surface area contributed by atoms with Gasteiger partial charge < -0.3 is 14.9 Å². The highest BCUT2D eigenvalue weighted by Gasteiger charge is 2.19. The van der Waals surface area contributed by atoms with Gasteiger partial charge in [-0.2, -0.15) is 0 Å². The monoisotopic (exact) mass is 364 g/mol. The van der Waals surface area contributed by atoms with Crippen molar-refractivity contribution in [3.05, 3.63) is 47.0 Å². The summed E-state index contributed by atoms with van der Waals surface area (Å²) in [5.74, 6) is -0.516. The normalized spacial score (nSPS) is 10.5. The number of rotatable bonds is 4. The number of methoxy groups -OCH3 is 1. The highest BCUT2D eigenvalue weighted by atomic mass is 79.9. The zero-order valence-electron chi connectivity index (χ0n) is 12.4. The maximum Gasteiger partial charge on any atom is 0.341 e. The van der Waals surface area contributed by atoms with Gasteiger partial charge in [-0.25, -0.2) is 4.79 Å². The van der Waals surface area contributed by atoms with Crippen LogP contribution in [0.25, 0.3) is 11.1 Å². The molecule has 0 heterocycles. The molecule has 2 rings (SSSR count). The highest BCUT2D eigenvalue weighted by molar-refractivity contribution is 9.09. The molecule has 0 aliphatic rings. The maximum absolute atomic E-state index is 11.7. The van der Waals surface area contributed by atoms with E-state index in [9.17, 15) is 15.0 Å². The molecule has 2 aromatic rings. The molecule has 2 aromatic carbocycles. The lowest BCUT2D eigenvalue weighted by Crippen LogP contribution is -2.03. The molecular weight excluding hydrogens is 348 g/mol. The van der Waals surface area contributed by atoms with E-state index in [0.29, 0.717) is 12.0 Å². The van der Waals surface area contributed by atoms with Crippen molar-refractivity contribution in [3.8, 4) is 22.6 Å². The Morgan fingerprint density at radius 3 is 2.64 bits per heavy atom. The van der Waals surface area contributed by atoms with Crippen molar-refractivity contribution < 1.29 is 19.7 Å². The Kier molecular flexibility index (Phi) is 5.08. The second-order valence-corrected chi connectivity index (χ2v) is 5.72. The minimum Gasteiger partial charge on any atom is -0.508 e. The van der Waals surface area contributed by atoms with Gasteiger partial charge in [-0.3, -0.25) is 0 Å². The Hall–Kier alpha value is -2.01. The van der Waals surface area contributed by atoms with Gasteiger partial charge in [0, 0.05) is 10.9 Å². The SMILES string of the molecule is COC(=O)c1cccc(-c2c(C)cc(O)cc2CCBr)c1O. The first kappa shape index (κ1) is 16.4. The first-order valence-corrected chi connectivity index (χ1v) is 7.90. The van der Waals surface area contributed by atoms with E-state index in [0.717, 1.165) is 22.0 Å². The van der Waals surface area contributed by atoms with Gasteiger partial charge in [0.25, 0.3) is 0 Å². The Morgan fingerprint density at radius 1 is 1.27 bits per heavy atom. The summed E-state index contributed by atoms with van der Waals surface area (Å²) < 4.78 is 4.69. The molecular formula is C17H17BrO4. The number of aromatic hydroxyl groups is 2. The number of phenols is 2. The molecule has 2 N–H and O–H groups in total. The molecule has 116 valence electrons. The molecule has 0 spiro atoms. The molecule has 0 unspecified atom stereocenters. The molecule has 0 saturated heterocycles. The van der Waals surface area contributed by atoms with Gasteiger partial charge in [0.15, 0.2) is 0 Å². The van der Waals surface area contributed by atoms with Crippen LogP contribution in [0, 0.1) is 6.92 Å². The van der Waals surface area contributed by atoms with Crippen molar-refractivity contribution in [1.82, 2.24) is 0 Å². The number of esters is 1. The van der Waals surface area contributed by atoms with Gasteiger partial charge in [-0.1, -0.05) is 28.1 Å². The van der Waals surface area contributed by atoms with Crippen LogP contribution in [0.5, 0.6) is 11.5 Å². The molecule has 0 amide bonds. The molecule has 0 radical (unpaired) electrons. The second-order valence-electron chi connectivity index (χ2n) is 4.93. The number of phenolic OH excluding ortho intramolecular Hbond substituents is 2. The third-order valence-electron chi connectivity index (χ3n) is 3.48. The number of aryl methyl sites for hydroxylation is 2. The smallest absolute Gasteiger partial charge is 0.341 e. The maximum atomic E-state index is 11.7. The lowest BCUT2D eigenvalue weighted by atomic mass is 9.91. The lowest BCUT2D eigenvalue weighted by Gasteiger charge is -2.16. The third-order valence-corrected chi connectivity index (χ3v) is 3.87. The molecule has 0 aliphatic heterocycles. The van der Waals surface area contributed by atoms with Gasteiger partial charge in [-0.15, -0.1) is 0 Å². The second kappa shape index (κ2) is 6.83. The first-order chi connectivity index (χ1) is 10.5. The zero-order valence-corrected chi connectivity index (χ0v) is 14.0. The van der Waals surface area contributed by atoms with Crippen LogP contribution in [-0.4, -0.2) is 28.6 Å². The Labute approximate surface area is 137 Å². The first-order valence-electron chi connectivity index (χ1n) is 6.78. The minimum atomic E-state index is -0.585. The van der Waals surface area contributed by atoms with E-state index < -0.39 is 5.97 Å². The number of alkyl halides is 1. The number of hydrogen-bond acceptors (Lipinski definition) is 4. The van der Waals surface area contributed by atoms with Crippen LogP contribution in [0.4, 0.5) is 0 Å². The molecule has 22 heavy (non-hydrogen) atoms. The highest BCUT2D eigenvalue weighted by Crippen LogP contribution is 2.38. The van der Waals surface area contributed by atoms with Crippen molar-refractivity contribution in [1.29, 1.82) is 0 Å². The molecule has 0 fully saturated rings. The van der Waals surface area contributed by atoms with Gasteiger partial charge >= 0.3 is 5.97 Å². The predicted octanol–water partition coefficient (Wildman–Crippen LogP) is 3.80. The Morgan fingerprint density at radius 2 is 2.00 bits per heavy atom. The van der Waals surface area contributed by atoms with Crippen molar-refractivity contribution in [3.63, 3.8) is 0 Å².